The van der Waals surface area contributed by atoms with Crippen molar-refractivity contribution in [2.45, 2.75) is 220 Å². The van der Waals surface area contributed by atoms with E-state index in [0.29, 0.717) is 0 Å². The Morgan fingerprint density at radius 1 is 0.250 bits per heavy atom. The Morgan fingerprint density at radius 2 is 0.425 bits per heavy atom. The quantitative estimate of drug-likeness (QED) is 0.0520. The first-order valence-corrected chi connectivity index (χ1v) is 19.1. The maximum atomic E-state index is 2.50. The molecule has 1 nitrogen and oxygen atoms in total. The standard InChI is InChI=1S/C38H80N.ClH/c1-5-9-12-15-18-21-24-27-30-33-36-39(8-4,37-34-31-28-25-22-19-16-13-10-6-2)38-35-32-29-26-23-20-17-14-11-7-3;/h5-38H2,1-4H3;1H/q+1;/p-1. The Bertz CT molecular complexity index is 377. The van der Waals surface area contributed by atoms with Crippen molar-refractivity contribution in [3.05, 3.63) is 0 Å². The second-order valence-electron chi connectivity index (χ2n) is 13.4. The molecule has 0 spiro atoms. The van der Waals surface area contributed by atoms with Crippen molar-refractivity contribution >= 4 is 0 Å². The van der Waals surface area contributed by atoms with Crippen LogP contribution in [0.15, 0.2) is 0 Å². The van der Waals surface area contributed by atoms with Crippen molar-refractivity contribution in [1.29, 1.82) is 0 Å². The van der Waals surface area contributed by atoms with E-state index in [9.17, 15) is 0 Å². The number of rotatable bonds is 34. The van der Waals surface area contributed by atoms with Gasteiger partial charge in [-0.2, -0.15) is 0 Å². The molecule has 0 unspecified atom stereocenters. The van der Waals surface area contributed by atoms with E-state index in [0.717, 1.165) is 0 Å². The predicted molar refractivity (Wildman–Crippen MR) is 181 cm³/mol. The Labute approximate surface area is 262 Å². The lowest BCUT2D eigenvalue weighted by Gasteiger charge is -2.38. The Hall–Kier alpha value is 0.250. The Morgan fingerprint density at radius 3 is 0.600 bits per heavy atom. The molecule has 0 saturated carbocycles. The first-order chi connectivity index (χ1) is 19.2. The third-order valence-electron chi connectivity index (χ3n) is 9.63. The zero-order chi connectivity index (χ0) is 28.5. The van der Waals surface area contributed by atoms with Gasteiger partial charge in [0.15, 0.2) is 0 Å². The highest BCUT2D eigenvalue weighted by molar-refractivity contribution is 4.54. The number of nitrogens with zero attached hydrogens (tertiary/aromatic N) is 1. The fourth-order valence-corrected chi connectivity index (χ4v) is 6.61. The predicted octanol–water partition coefficient (Wildman–Crippen LogP) is 10.6. The zero-order valence-corrected chi connectivity index (χ0v) is 29.6. The lowest BCUT2D eigenvalue weighted by Crippen LogP contribution is -3.00. The number of hydrogen-bond donors (Lipinski definition) is 0. The van der Waals surface area contributed by atoms with Crippen LogP contribution in [-0.2, 0) is 0 Å². The number of halogens is 1. The molecule has 0 aliphatic carbocycles. The summed E-state index contributed by atoms with van der Waals surface area (Å²) in [6, 6.07) is 0. The summed E-state index contributed by atoms with van der Waals surface area (Å²) >= 11 is 0. The van der Waals surface area contributed by atoms with E-state index in [1.54, 1.807) is 0 Å². The molecule has 0 aliphatic rings. The van der Waals surface area contributed by atoms with Crippen LogP contribution in [-0.4, -0.2) is 30.7 Å². The van der Waals surface area contributed by atoms with Gasteiger partial charge in [0.2, 0.25) is 0 Å². The second kappa shape index (κ2) is 35.4. The molecular weight excluding hydrogens is 506 g/mol. The lowest BCUT2D eigenvalue weighted by molar-refractivity contribution is -0.927. The van der Waals surface area contributed by atoms with E-state index in [-0.39, 0.29) is 12.4 Å². The van der Waals surface area contributed by atoms with Gasteiger partial charge >= 0.3 is 0 Å². The minimum atomic E-state index is 0. The molecule has 0 amide bonds. The van der Waals surface area contributed by atoms with E-state index in [4.69, 9.17) is 0 Å². The van der Waals surface area contributed by atoms with Crippen LogP contribution >= 0.6 is 0 Å². The molecule has 0 heterocycles. The first kappa shape index (κ1) is 42.4. The first-order valence-electron chi connectivity index (χ1n) is 19.1. The minimum Gasteiger partial charge on any atom is -1.00 e. The van der Waals surface area contributed by atoms with Gasteiger partial charge in [-0.1, -0.05) is 175 Å². The molecule has 40 heavy (non-hydrogen) atoms. The molecule has 0 rings (SSSR count). The van der Waals surface area contributed by atoms with Gasteiger partial charge in [-0.3, -0.25) is 0 Å². The topological polar surface area (TPSA) is 0 Å². The number of hydrogen-bond acceptors (Lipinski definition) is 0. The third-order valence-corrected chi connectivity index (χ3v) is 9.63. The molecule has 0 aromatic rings. The largest absolute Gasteiger partial charge is 1.00 e. The maximum Gasteiger partial charge on any atom is 0.0786 e. The fraction of sp³-hybridized carbons (Fsp3) is 1.00. The molecule has 0 N–H and O–H groups in total. The zero-order valence-electron chi connectivity index (χ0n) is 28.9. The SMILES string of the molecule is CCCCCCCCCCCC[N+](CC)(CCCCCCCCCCCC)CCCCCCCCCCCC.[Cl-]. The average molecular weight is 587 g/mol. The van der Waals surface area contributed by atoms with Crippen LogP contribution < -0.4 is 12.4 Å². The van der Waals surface area contributed by atoms with Crippen molar-refractivity contribution in [2.75, 3.05) is 26.2 Å². The highest BCUT2D eigenvalue weighted by atomic mass is 35.5. The molecule has 0 aliphatic heterocycles. The van der Waals surface area contributed by atoms with E-state index in [2.05, 4.69) is 27.7 Å². The van der Waals surface area contributed by atoms with Crippen LogP contribution in [0.2, 0.25) is 0 Å². The summed E-state index contributed by atoms with van der Waals surface area (Å²) in [6.45, 7) is 15.2. The van der Waals surface area contributed by atoms with E-state index in [1.807, 2.05) is 0 Å². The third kappa shape index (κ3) is 29.7. The van der Waals surface area contributed by atoms with Crippen LogP contribution in [0.3, 0.4) is 0 Å². The van der Waals surface area contributed by atoms with Crippen molar-refractivity contribution < 1.29 is 16.9 Å². The average Bonchev–Trinajstić information content (AvgIpc) is 2.95. The molecule has 0 saturated heterocycles. The summed E-state index contributed by atoms with van der Waals surface area (Å²) in [4.78, 5) is 0. The normalized spacial score (nSPS) is 11.7. The lowest BCUT2D eigenvalue weighted by atomic mass is 10.0. The molecule has 0 bridgehead atoms. The molecular formula is C38H80ClN. The van der Waals surface area contributed by atoms with Gasteiger partial charge in [0.1, 0.15) is 0 Å². The molecule has 2 heteroatoms. The number of unbranched alkanes of at least 4 members (excludes halogenated alkanes) is 27. The van der Waals surface area contributed by atoms with Gasteiger partial charge in [-0.05, 0) is 45.4 Å². The smallest absolute Gasteiger partial charge is 0.0786 e. The van der Waals surface area contributed by atoms with E-state index in [1.165, 1.54) is 223 Å². The van der Waals surface area contributed by atoms with Gasteiger partial charge in [0.05, 0.1) is 26.2 Å². The summed E-state index contributed by atoms with van der Waals surface area (Å²) in [5, 5.41) is 0. The van der Waals surface area contributed by atoms with Gasteiger partial charge in [0.25, 0.3) is 0 Å². The second-order valence-corrected chi connectivity index (χ2v) is 13.4. The fourth-order valence-electron chi connectivity index (χ4n) is 6.61. The number of quaternary nitrogens is 1. The van der Waals surface area contributed by atoms with Gasteiger partial charge < -0.3 is 16.9 Å². The van der Waals surface area contributed by atoms with Crippen LogP contribution in [0.4, 0.5) is 0 Å². The molecule has 0 atom stereocenters. The van der Waals surface area contributed by atoms with Crippen molar-refractivity contribution in [3.63, 3.8) is 0 Å². The van der Waals surface area contributed by atoms with Gasteiger partial charge in [0, 0.05) is 0 Å². The molecule has 0 aromatic carbocycles. The molecule has 0 fully saturated rings. The summed E-state index contributed by atoms with van der Waals surface area (Å²) in [7, 11) is 0. The van der Waals surface area contributed by atoms with Crippen molar-refractivity contribution in [3.8, 4) is 0 Å². The summed E-state index contributed by atoms with van der Waals surface area (Å²) in [6.07, 6.45) is 43.8. The van der Waals surface area contributed by atoms with E-state index < -0.39 is 0 Å². The maximum absolute atomic E-state index is 2.50. The highest BCUT2D eigenvalue weighted by Crippen LogP contribution is 2.19. The highest BCUT2D eigenvalue weighted by Gasteiger charge is 2.23. The van der Waals surface area contributed by atoms with Crippen LogP contribution in [0.1, 0.15) is 220 Å². The summed E-state index contributed by atoms with van der Waals surface area (Å²) < 4.78 is 1.44. The van der Waals surface area contributed by atoms with Crippen molar-refractivity contribution in [1.82, 2.24) is 0 Å². The summed E-state index contributed by atoms with van der Waals surface area (Å²) in [5.41, 5.74) is 0. The minimum absolute atomic E-state index is 0. The summed E-state index contributed by atoms with van der Waals surface area (Å²) in [5.74, 6) is 0. The van der Waals surface area contributed by atoms with Crippen molar-refractivity contribution in [2.24, 2.45) is 0 Å². The van der Waals surface area contributed by atoms with Gasteiger partial charge in [-0.25, -0.2) is 0 Å². The monoisotopic (exact) mass is 586 g/mol. The van der Waals surface area contributed by atoms with Crippen LogP contribution in [0, 0.1) is 0 Å². The molecule has 0 aromatic heterocycles. The van der Waals surface area contributed by atoms with Crippen LogP contribution in [0.25, 0.3) is 0 Å². The molecule has 244 valence electrons. The molecule has 0 radical (unpaired) electrons. The Balaban J connectivity index is 0. The Kier molecular flexibility index (Phi) is 37.6. The van der Waals surface area contributed by atoms with Gasteiger partial charge in [-0.15, -0.1) is 0 Å². The van der Waals surface area contributed by atoms with Crippen LogP contribution in [0.5, 0.6) is 0 Å². The van der Waals surface area contributed by atoms with E-state index >= 15 is 0 Å².